The second kappa shape index (κ2) is 12.1. The molecular weight excluding hydrogens is 484 g/mol. The molecule has 0 aliphatic heterocycles. The lowest BCUT2D eigenvalue weighted by molar-refractivity contribution is 0.105. The number of para-hydroxylation sites is 2. The first-order valence-corrected chi connectivity index (χ1v) is 11.9. The molecule has 0 aliphatic carbocycles. The van der Waals surface area contributed by atoms with Crippen LogP contribution in [0, 0.1) is 0 Å². The van der Waals surface area contributed by atoms with Gasteiger partial charge in [-0.25, -0.2) is 4.98 Å². The van der Waals surface area contributed by atoms with E-state index in [1.165, 1.54) is 5.56 Å². The molecule has 2 heterocycles. The van der Waals surface area contributed by atoms with Crippen LogP contribution in [0.25, 0.3) is 22.4 Å². The highest BCUT2D eigenvalue weighted by Crippen LogP contribution is 2.28. The van der Waals surface area contributed by atoms with Crippen LogP contribution in [0.2, 0.25) is 0 Å². The monoisotopic (exact) mass is 510 g/mol. The van der Waals surface area contributed by atoms with Crippen LogP contribution in [0.15, 0.2) is 103 Å². The number of rotatable bonds is 9. The number of fused-ring (bicyclic) bond motifs is 1. The molecular formula is C30H27ClN4O2. The van der Waals surface area contributed by atoms with E-state index in [1.807, 2.05) is 60.7 Å². The summed E-state index contributed by atoms with van der Waals surface area (Å²) in [5.41, 5.74) is 4.93. The van der Waals surface area contributed by atoms with Crippen LogP contribution in [-0.4, -0.2) is 32.4 Å². The molecule has 0 aliphatic rings. The molecule has 37 heavy (non-hydrogen) atoms. The molecule has 186 valence electrons. The van der Waals surface area contributed by atoms with Gasteiger partial charge in [-0.1, -0.05) is 60.7 Å². The molecule has 0 unspecified atom stereocenters. The standard InChI is InChI=1S/C30H26N4O2.ClH/c35-28(23-8-2-1-3-9-23)27(30-33-25-11-4-5-12-26(25)34-30)29(36)24-10-6-7-22(19-24)20-32-18-15-21-13-16-31-17-14-21;/h1-14,16-17,19,32,36H,15,18,20H2,(H,33,34);1H. The van der Waals surface area contributed by atoms with E-state index in [0.717, 1.165) is 29.6 Å². The van der Waals surface area contributed by atoms with Crippen molar-refractivity contribution in [3.63, 3.8) is 0 Å². The number of halogens is 1. The third-order valence-corrected chi connectivity index (χ3v) is 6.00. The van der Waals surface area contributed by atoms with Crippen LogP contribution in [0.1, 0.15) is 32.9 Å². The van der Waals surface area contributed by atoms with Crippen molar-refractivity contribution in [2.45, 2.75) is 13.0 Å². The minimum absolute atomic E-state index is 0. The highest BCUT2D eigenvalue weighted by molar-refractivity contribution is 6.33. The van der Waals surface area contributed by atoms with E-state index in [-0.39, 0.29) is 29.5 Å². The summed E-state index contributed by atoms with van der Waals surface area (Å²) >= 11 is 0. The van der Waals surface area contributed by atoms with Gasteiger partial charge in [0.05, 0.1) is 11.0 Å². The molecule has 0 fully saturated rings. The second-order valence-corrected chi connectivity index (χ2v) is 8.50. The number of carbonyl (C=O) groups excluding carboxylic acids is 1. The number of benzene rings is 3. The maximum Gasteiger partial charge on any atom is 0.200 e. The number of ketones is 1. The van der Waals surface area contributed by atoms with E-state index >= 15 is 0 Å². The fourth-order valence-electron chi connectivity index (χ4n) is 4.12. The number of aliphatic hydroxyl groups is 1. The largest absolute Gasteiger partial charge is 0.506 e. The zero-order valence-electron chi connectivity index (χ0n) is 20.1. The Morgan fingerprint density at radius 2 is 1.57 bits per heavy atom. The number of nitrogens with zero attached hydrogens (tertiary/aromatic N) is 2. The van der Waals surface area contributed by atoms with Crippen LogP contribution < -0.4 is 5.32 Å². The Bertz CT molecular complexity index is 1480. The number of nitrogens with one attached hydrogen (secondary N) is 2. The zero-order valence-corrected chi connectivity index (χ0v) is 20.9. The highest BCUT2D eigenvalue weighted by Gasteiger charge is 2.23. The number of allylic oxidation sites excluding steroid dienone is 1. The van der Waals surface area contributed by atoms with Gasteiger partial charge < -0.3 is 15.4 Å². The van der Waals surface area contributed by atoms with Crippen LogP contribution in [0.5, 0.6) is 0 Å². The maximum absolute atomic E-state index is 13.6. The molecule has 2 aromatic heterocycles. The topological polar surface area (TPSA) is 90.9 Å². The Labute approximate surface area is 221 Å². The molecule has 0 atom stereocenters. The summed E-state index contributed by atoms with van der Waals surface area (Å²) in [6.07, 6.45) is 4.49. The number of aromatic nitrogens is 3. The normalized spacial score (nSPS) is 11.6. The fourth-order valence-corrected chi connectivity index (χ4v) is 4.12. The fraction of sp³-hybridized carbons (Fsp3) is 0.100. The minimum Gasteiger partial charge on any atom is -0.506 e. The van der Waals surface area contributed by atoms with Gasteiger partial charge >= 0.3 is 0 Å². The molecule has 0 saturated heterocycles. The van der Waals surface area contributed by atoms with Crippen molar-refractivity contribution in [3.05, 3.63) is 131 Å². The van der Waals surface area contributed by atoms with E-state index in [4.69, 9.17) is 0 Å². The van der Waals surface area contributed by atoms with Crippen LogP contribution in [0.3, 0.4) is 0 Å². The molecule has 7 heteroatoms. The Balaban J connectivity index is 0.00000320. The first-order valence-electron chi connectivity index (χ1n) is 11.9. The van der Waals surface area contributed by atoms with Crippen molar-refractivity contribution in [2.75, 3.05) is 6.54 Å². The second-order valence-electron chi connectivity index (χ2n) is 8.50. The number of pyridine rings is 1. The molecule has 0 spiro atoms. The number of carbonyl (C=O) groups is 1. The van der Waals surface area contributed by atoms with Crippen LogP contribution in [0.4, 0.5) is 0 Å². The number of imidazole rings is 1. The lowest BCUT2D eigenvalue weighted by Gasteiger charge is -2.11. The van der Waals surface area contributed by atoms with Gasteiger partial charge in [0.1, 0.15) is 17.2 Å². The number of H-pyrrole nitrogens is 1. The van der Waals surface area contributed by atoms with E-state index in [9.17, 15) is 9.90 Å². The summed E-state index contributed by atoms with van der Waals surface area (Å²) in [6.45, 7) is 1.45. The summed E-state index contributed by atoms with van der Waals surface area (Å²) < 4.78 is 0. The van der Waals surface area contributed by atoms with Gasteiger partial charge in [-0.2, -0.15) is 0 Å². The quantitative estimate of drug-likeness (QED) is 0.0975. The number of Topliss-reactive ketones (excluding diaryl/α,β-unsaturated/α-hetero) is 1. The van der Waals surface area contributed by atoms with Crippen molar-refractivity contribution >= 4 is 40.6 Å². The maximum atomic E-state index is 13.6. The van der Waals surface area contributed by atoms with Crippen molar-refractivity contribution in [2.24, 2.45) is 0 Å². The van der Waals surface area contributed by atoms with Gasteiger partial charge in [0.2, 0.25) is 5.78 Å². The van der Waals surface area contributed by atoms with Crippen molar-refractivity contribution in [1.29, 1.82) is 0 Å². The molecule has 3 N–H and O–H groups in total. The summed E-state index contributed by atoms with van der Waals surface area (Å²) in [4.78, 5) is 25.4. The summed E-state index contributed by atoms with van der Waals surface area (Å²) in [5.74, 6) is -0.0713. The first-order chi connectivity index (χ1) is 17.7. The van der Waals surface area contributed by atoms with E-state index in [1.54, 1.807) is 42.7 Å². The average Bonchev–Trinajstić information content (AvgIpc) is 3.36. The van der Waals surface area contributed by atoms with E-state index < -0.39 is 0 Å². The third-order valence-electron chi connectivity index (χ3n) is 6.00. The Kier molecular flexibility index (Phi) is 8.46. The number of hydrogen-bond acceptors (Lipinski definition) is 5. The number of aromatic amines is 1. The molecule has 0 saturated carbocycles. The predicted octanol–water partition coefficient (Wildman–Crippen LogP) is 6.02. The SMILES string of the molecule is Cl.O=C(C(=C(O)c1cccc(CNCCc2ccncc2)c1)c1nc2ccccc2[nH]1)c1ccccc1. The van der Waals surface area contributed by atoms with E-state index in [2.05, 4.69) is 20.3 Å². The Hall–Kier alpha value is -4.26. The predicted molar refractivity (Wildman–Crippen MR) is 150 cm³/mol. The van der Waals surface area contributed by atoms with Gasteiger partial charge in [-0.05, 0) is 54.4 Å². The van der Waals surface area contributed by atoms with Gasteiger partial charge in [-0.3, -0.25) is 9.78 Å². The zero-order chi connectivity index (χ0) is 24.7. The van der Waals surface area contributed by atoms with Gasteiger partial charge in [0.15, 0.2) is 0 Å². The molecule has 5 aromatic rings. The van der Waals surface area contributed by atoms with Gasteiger partial charge in [-0.15, -0.1) is 12.4 Å². The summed E-state index contributed by atoms with van der Waals surface area (Å²) in [5, 5.41) is 14.8. The number of aliphatic hydroxyl groups excluding tert-OH is 1. The first kappa shape index (κ1) is 25.8. The smallest absolute Gasteiger partial charge is 0.200 e. The summed E-state index contributed by atoms with van der Waals surface area (Å²) in [6, 6.07) is 28.1. The highest BCUT2D eigenvalue weighted by atomic mass is 35.5. The van der Waals surface area contributed by atoms with Crippen LogP contribution >= 0.6 is 12.4 Å². The molecule has 5 rings (SSSR count). The average molecular weight is 511 g/mol. The molecule has 6 nitrogen and oxygen atoms in total. The number of hydrogen-bond donors (Lipinski definition) is 3. The minimum atomic E-state index is -0.298. The molecule has 0 bridgehead atoms. The third kappa shape index (κ3) is 6.12. The van der Waals surface area contributed by atoms with Crippen LogP contribution in [-0.2, 0) is 13.0 Å². The van der Waals surface area contributed by atoms with Gasteiger partial charge in [0.25, 0.3) is 0 Å². The molecule has 3 aromatic carbocycles. The lowest BCUT2D eigenvalue weighted by atomic mass is 9.98. The van der Waals surface area contributed by atoms with Crippen molar-refractivity contribution in [3.8, 4) is 0 Å². The Morgan fingerprint density at radius 1 is 0.838 bits per heavy atom. The van der Waals surface area contributed by atoms with Crippen molar-refractivity contribution < 1.29 is 9.90 Å². The lowest BCUT2D eigenvalue weighted by Crippen LogP contribution is -2.16. The molecule has 0 radical (unpaired) electrons. The molecule has 0 amide bonds. The van der Waals surface area contributed by atoms with Gasteiger partial charge in [0, 0.05) is 30.1 Å². The summed E-state index contributed by atoms with van der Waals surface area (Å²) in [7, 11) is 0. The Morgan fingerprint density at radius 3 is 2.35 bits per heavy atom. The van der Waals surface area contributed by atoms with Crippen molar-refractivity contribution in [1.82, 2.24) is 20.3 Å². The van der Waals surface area contributed by atoms with E-state index in [0.29, 0.717) is 23.5 Å².